The molecule has 0 aromatic rings. The van der Waals surface area contributed by atoms with Gasteiger partial charge in [0.15, 0.2) is 0 Å². The molecular formula is C2H9NOS2. The average Bonchev–Trinajstić information content (AvgIpc) is 1.72. The van der Waals surface area contributed by atoms with Gasteiger partial charge in [-0.3, -0.25) is 0 Å². The summed E-state index contributed by atoms with van der Waals surface area (Å²) in [5.41, 5.74) is 4.78. The van der Waals surface area contributed by atoms with Gasteiger partial charge in [-0.1, -0.05) is 0 Å². The standard InChI is InChI=1S/C2H7NO.H2S2/c3-1-2-4;1-2/h4H,1-3H2;1-2H. The lowest BCUT2D eigenvalue weighted by atomic mass is 10.8. The van der Waals surface area contributed by atoms with Crippen molar-refractivity contribution in [2.45, 2.75) is 0 Å². The van der Waals surface area contributed by atoms with Gasteiger partial charge in [-0.15, -0.1) is 23.3 Å². The van der Waals surface area contributed by atoms with Crippen LogP contribution in [0.3, 0.4) is 0 Å². The maximum absolute atomic E-state index is 7.75. The van der Waals surface area contributed by atoms with E-state index in [4.69, 9.17) is 10.8 Å². The topological polar surface area (TPSA) is 46.2 Å². The Morgan fingerprint density at radius 1 is 1.50 bits per heavy atom. The van der Waals surface area contributed by atoms with Crippen molar-refractivity contribution in [3.63, 3.8) is 0 Å². The third kappa shape index (κ3) is 23.1. The fourth-order valence-electron chi connectivity index (χ4n) is 0. The van der Waals surface area contributed by atoms with E-state index in [1.165, 1.54) is 0 Å². The first kappa shape index (κ1) is 9.80. The van der Waals surface area contributed by atoms with Gasteiger partial charge in [-0.2, -0.15) is 0 Å². The number of aliphatic hydroxyl groups is 1. The van der Waals surface area contributed by atoms with E-state index in [-0.39, 0.29) is 6.61 Å². The van der Waals surface area contributed by atoms with E-state index >= 15 is 0 Å². The number of thiol groups is 2. The van der Waals surface area contributed by atoms with Crippen LogP contribution in [0.4, 0.5) is 0 Å². The van der Waals surface area contributed by atoms with E-state index in [0.717, 1.165) is 0 Å². The zero-order valence-electron chi connectivity index (χ0n) is 3.33. The van der Waals surface area contributed by atoms with Gasteiger partial charge in [0.25, 0.3) is 0 Å². The molecule has 0 aliphatic heterocycles. The molecule has 0 aromatic heterocycles. The van der Waals surface area contributed by atoms with Crippen molar-refractivity contribution in [1.82, 2.24) is 0 Å². The summed E-state index contributed by atoms with van der Waals surface area (Å²) in [5, 5.41) is 7.75. The zero-order chi connectivity index (χ0) is 5.41. The van der Waals surface area contributed by atoms with Crippen LogP contribution in [0.2, 0.25) is 0 Å². The number of aliphatic hydroxyl groups excluding tert-OH is 1. The Hall–Kier alpha value is 0.620. The molecule has 0 spiro atoms. The first-order valence-corrected chi connectivity index (χ1v) is 3.02. The highest BCUT2D eigenvalue weighted by molar-refractivity contribution is 8.59. The lowest BCUT2D eigenvalue weighted by Crippen LogP contribution is -2.02. The SMILES string of the molecule is NCCO.SS. The molecule has 0 aromatic carbocycles. The van der Waals surface area contributed by atoms with Gasteiger partial charge in [0.2, 0.25) is 0 Å². The van der Waals surface area contributed by atoms with E-state index in [1.807, 2.05) is 0 Å². The molecule has 0 fully saturated rings. The Bertz CT molecular complexity index is 13.5. The molecule has 3 N–H and O–H groups in total. The highest BCUT2D eigenvalue weighted by Crippen LogP contribution is 1.65. The summed E-state index contributed by atoms with van der Waals surface area (Å²) in [6.07, 6.45) is 0. The van der Waals surface area contributed by atoms with Crippen LogP contribution in [0.1, 0.15) is 0 Å². The van der Waals surface area contributed by atoms with E-state index in [2.05, 4.69) is 23.3 Å². The molecule has 6 heavy (non-hydrogen) atoms. The van der Waals surface area contributed by atoms with E-state index in [0.29, 0.717) is 6.54 Å². The highest BCUT2D eigenvalue weighted by atomic mass is 33.1. The largest absolute Gasteiger partial charge is 0.395 e. The summed E-state index contributed by atoms with van der Waals surface area (Å²) in [7, 11) is 0. The molecule has 0 saturated carbocycles. The smallest absolute Gasteiger partial charge is 0.0553 e. The lowest BCUT2D eigenvalue weighted by Gasteiger charge is -1.71. The molecule has 0 saturated heterocycles. The van der Waals surface area contributed by atoms with Crippen molar-refractivity contribution >= 4 is 23.3 Å². The molecule has 40 valence electrons. The quantitative estimate of drug-likeness (QED) is 0.289. The Labute approximate surface area is 48.0 Å². The van der Waals surface area contributed by atoms with Gasteiger partial charge in [0.05, 0.1) is 6.61 Å². The number of hydrogen-bond acceptors (Lipinski definition) is 4. The molecule has 0 rings (SSSR count). The molecule has 4 heteroatoms. The monoisotopic (exact) mass is 127 g/mol. The van der Waals surface area contributed by atoms with Crippen LogP contribution in [-0.4, -0.2) is 18.3 Å². The molecule has 2 nitrogen and oxygen atoms in total. The van der Waals surface area contributed by atoms with Gasteiger partial charge in [-0.05, 0) is 0 Å². The van der Waals surface area contributed by atoms with Crippen molar-refractivity contribution in [3.8, 4) is 0 Å². The second-order valence-electron chi connectivity index (χ2n) is 0.512. The van der Waals surface area contributed by atoms with Crippen LogP contribution in [-0.2, 0) is 0 Å². The Morgan fingerprint density at radius 3 is 1.67 bits per heavy atom. The maximum atomic E-state index is 7.75. The second kappa shape index (κ2) is 17.5. The number of nitrogens with two attached hydrogens (primary N) is 1. The summed E-state index contributed by atoms with van der Waals surface area (Å²) in [4.78, 5) is 0. The molecule has 0 heterocycles. The fourth-order valence-corrected chi connectivity index (χ4v) is 0. The molecule has 0 bridgehead atoms. The number of rotatable bonds is 1. The predicted octanol–water partition coefficient (Wildman–Crippen LogP) is -0.302. The lowest BCUT2D eigenvalue weighted by molar-refractivity contribution is 0.306. The molecule has 0 aliphatic carbocycles. The second-order valence-corrected chi connectivity index (χ2v) is 0.512. The van der Waals surface area contributed by atoms with Crippen LogP contribution in [0.25, 0.3) is 0 Å². The van der Waals surface area contributed by atoms with Gasteiger partial charge in [-0.25, -0.2) is 0 Å². The van der Waals surface area contributed by atoms with Gasteiger partial charge in [0.1, 0.15) is 0 Å². The van der Waals surface area contributed by atoms with Crippen molar-refractivity contribution in [3.05, 3.63) is 0 Å². The minimum Gasteiger partial charge on any atom is -0.395 e. The van der Waals surface area contributed by atoms with Crippen LogP contribution in [0, 0.1) is 0 Å². The van der Waals surface area contributed by atoms with E-state index in [1.54, 1.807) is 0 Å². The molecule has 0 aliphatic rings. The zero-order valence-corrected chi connectivity index (χ0v) is 5.12. The van der Waals surface area contributed by atoms with Crippen molar-refractivity contribution < 1.29 is 5.11 Å². The third-order valence-corrected chi connectivity index (χ3v) is 0.129. The molecular weight excluding hydrogens is 118 g/mol. The molecule has 0 amide bonds. The van der Waals surface area contributed by atoms with Gasteiger partial charge in [0, 0.05) is 6.54 Å². The van der Waals surface area contributed by atoms with Crippen LogP contribution in [0.5, 0.6) is 0 Å². The minimum atomic E-state index is 0.0972. The summed E-state index contributed by atoms with van der Waals surface area (Å²) < 4.78 is 0. The van der Waals surface area contributed by atoms with Gasteiger partial charge >= 0.3 is 0 Å². The first-order chi connectivity index (χ1) is 2.91. The first-order valence-electron chi connectivity index (χ1n) is 1.42. The van der Waals surface area contributed by atoms with Crippen molar-refractivity contribution in [2.75, 3.05) is 13.2 Å². The minimum absolute atomic E-state index is 0.0972. The molecule has 0 atom stereocenters. The summed E-state index contributed by atoms with van der Waals surface area (Å²) >= 11 is 6.44. The third-order valence-electron chi connectivity index (χ3n) is 0.129. The summed E-state index contributed by atoms with van der Waals surface area (Å²) in [6.45, 7) is 0.472. The van der Waals surface area contributed by atoms with Crippen LogP contribution < -0.4 is 5.73 Å². The predicted molar refractivity (Wildman–Crippen MR) is 34.1 cm³/mol. The number of hydrogen-bond donors (Lipinski definition) is 4. The van der Waals surface area contributed by atoms with E-state index in [9.17, 15) is 0 Å². The van der Waals surface area contributed by atoms with Crippen LogP contribution in [0.15, 0.2) is 0 Å². The van der Waals surface area contributed by atoms with Gasteiger partial charge < -0.3 is 10.8 Å². The normalized spacial score (nSPS) is 6.00. The summed E-state index contributed by atoms with van der Waals surface area (Å²) in [6, 6.07) is 0. The van der Waals surface area contributed by atoms with Crippen LogP contribution >= 0.6 is 23.3 Å². The molecule has 0 unspecified atom stereocenters. The van der Waals surface area contributed by atoms with E-state index < -0.39 is 0 Å². The Balaban J connectivity index is 0. The fraction of sp³-hybridized carbons (Fsp3) is 1.00. The molecule has 0 radical (unpaired) electrons. The van der Waals surface area contributed by atoms with Crippen molar-refractivity contribution in [1.29, 1.82) is 0 Å². The summed E-state index contributed by atoms with van der Waals surface area (Å²) in [5.74, 6) is 0. The van der Waals surface area contributed by atoms with Crippen molar-refractivity contribution in [2.24, 2.45) is 5.73 Å². The Kier molecular flexibility index (Phi) is 28.5. The average molecular weight is 127 g/mol. The highest BCUT2D eigenvalue weighted by Gasteiger charge is 1.56. The Morgan fingerprint density at radius 2 is 1.67 bits per heavy atom. The maximum Gasteiger partial charge on any atom is 0.0553 e.